The first kappa shape index (κ1) is 12.8. The first-order valence-electron chi connectivity index (χ1n) is 6.19. The maximum Gasteiger partial charge on any atom is 0.132 e. The van der Waals surface area contributed by atoms with Gasteiger partial charge < -0.3 is 10.1 Å². The van der Waals surface area contributed by atoms with Crippen LogP contribution < -0.4 is 10.1 Å². The third-order valence-electron chi connectivity index (χ3n) is 3.42. The minimum Gasteiger partial charge on any atom is -0.496 e. The number of ether oxygens (including phenoxy) is 1. The number of aryl methyl sites for hydroxylation is 2. The molecule has 0 aromatic heterocycles. The molecule has 1 aliphatic rings. The summed E-state index contributed by atoms with van der Waals surface area (Å²) in [5, 5.41) is 3.41. The first-order valence-corrected chi connectivity index (χ1v) is 7.18. The summed E-state index contributed by atoms with van der Waals surface area (Å²) in [5.41, 5.74) is 2.64. The van der Waals surface area contributed by atoms with Gasteiger partial charge in [-0.3, -0.25) is 0 Å². The zero-order chi connectivity index (χ0) is 12.3. The fraction of sp³-hybridized carbons (Fsp3) is 0.571. The number of hydrogen-bond acceptors (Lipinski definition) is 3. The monoisotopic (exact) mass is 251 g/mol. The van der Waals surface area contributed by atoms with Gasteiger partial charge in [-0.05, 0) is 62.5 Å². The van der Waals surface area contributed by atoms with Crippen LogP contribution in [0.5, 0.6) is 5.75 Å². The number of thioether (sulfide) groups is 1. The van der Waals surface area contributed by atoms with Crippen LogP contribution in [-0.4, -0.2) is 26.0 Å². The molecule has 0 amide bonds. The Bertz CT molecular complexity index is 386. The lowest BCUT2D eigenvalue weighted by Gasteiger charge is -2.13. The van der Waals surface area contributed by atoms with Gasteiger partial charge in [0.1, 0.15) is 5.75 Å². The van der Waals surface area contributed by atoms with Gasteiger partial charge in [0.15, 0.2) is 0 Å². The fourth-order valence-electron chi connectivity index (χ4n) is 2.10. The molecule has 1 heterocycles. The lowest BCUT2D eigenvalue weighted by atomic mass is 10.1. The van der Waals surface area contributed by atoms with E-state index in [1.807, 2.05) is 11.8 Å². The van der Waals surface area contributed by atoms with E-state index in [1.165, 1.54) is 41.3 Å². The molecule has 1 aliphatic heterocycles. The summed E-state index contributed by atoms with van der Waals surface area (Å²) in [6.07, 6.45) is 1.31. The molecule has 1 aromatic carbocycles. The van der Waals surface area contributed by atoms with E-state index in [0.29, 0.717) is 0 Å². The van der Waals surface area contributed by atoms with Gasteiger partial charge in [-0.25, -0.2) is 0 Å². The maximum atomic E-state index is 5.46. The van der Waals surface area contributed by atoms with E-state index < -0.39 is 0 Å². The highest BCUT2D eigenvalue weighted by Crippen LogP contribution is 2.33. The molecule has 1 aromatic rings. The number of hydrogen-bond donors (Lipinski definition) is 1. The Morgan fingerprint density at radius 1 is 1.35 bits per heavy atom. The summed E-state index contributed by atoms with van der Waals surface area (Å²) in [6, 6.07) is 4.39. The molecule has 2 nitrogen and oxygen atoms in total. The molecule has 3 heteroatoms. The van der Waals surface area contributed by atoms with E-state index >= 15 is 0 Å². The number of rotatable bonds is 4. The molecular weight excluding hydrogens is 230 g/mol. The van der Waals surface area contributed by atoms with E-state index in [9.17, 15) is 0 Å². The average molecular weight is 251 g/mol. The third kappa shape index (κ3) is 3.17. The normalized spacial score (nSPS) is 19.6. The van der Waals surface area contributed by atoms with E-state index in [4.69, 9.17) is 4.74 Å². The summed E-state index contributed by atoms with van der Waals surface area (Å²) >= 11 is 1.93. The van der Waals surface area contributed by atoms with Crippen molar-refractivity contribution in [1.29, 1.82) is 0 Å². The third-order valence-corrected chi connectivity index (χ3v) is 4.68. The molecule has 2 rings (SSSR count). The van der Waals surface area contributed by atoms with E-state index in [-0.39, 0.29) is 0 Å². The highest BCUT2D eigenvalue weighted by Gasteiger charge is 2.16. The summed E-state index contributed by atoms with van der Waals surface area (Å²) in [4.78, 5) is 1.28. The van der Waals surface area contributed by atoms with E-state index in [1.54, 1.807) is 7.11 Å². The van der Waals surface area contributed by atoms with Crippen molar-refractivity contribution in [3.63, 3.8) is 0 Å². The van der Waals surface area contributed by atoms with Gasteiger partial charge in [-0.2, -0.15) is 0 Å². The SMILES string of the molecule is COc1cc(C)c(C)cc1SCC1CCNC1. The van der Waals surface area contributed by atoms with Gasteiger partial charge in [0.2, 0.25) is 0 Å². The zero-order valence-corrected chi connectivity index (χ0v) is 11.7. The predicted molar refractivity (Wildman–Crippen MR) is 74.2 cm³/mol. The lowest BCUT2D eigenvalue weighted by Crippen LogP contribution is -2.10. The molecule has 1 N–H and O–H groups in total. The van der Waals surface area contributed by atoms with Crippen molar-refractivity contribution in [1.82, 2.24) is 5.32 Å². The lowest BCUT2D eigenvalue weighted by molar-refractivity contribution is 0.404. The fourth-order valence-corrected chi connectivity index (χ4v) is 3.34. The molecule has 1 atom stereocenters. The molecule has 1 unspecified atom stereocenters. The predicted octanol–water partition coefficient (Wildman–Crippen LogP) is 3.01. The van der Waals surface area contributed by atoms with Gasteiger partial charge in [-0.1, -0.05) is 0 Å². The quantitative estimate of drug-likeness (QED) is 0.831. The molecule has 1 fully saturated rings. The van der Waals surface area contributed by atoms with Gasteiger partial charge in [0, 0.05) is 10.6 Å². The zero-order valence-electron chi connectivity index (χ0n) is 10.9. The van der Waals surface area contributed by atoms with Crippen molar-refractivity contribution in [2.45, 2.75) is 25.2 Å². The highest BCUT2D eigenvalue weighted by molar-refractivity contribution is 7.99. The largest absolute Gasteiger partial charge is 0.496 e. The molecule has 94 valence electrons. The molecular formula is C14H21NOS. The first-order chi connectivity index (χ1) is 8.20. The van der Waals surface area contributed by atoms with Crippen LogP contribution in [0.4, 0.5) is 0 Å². The molecule has 0 radical (unpaired) electrons. The van der Waals surface area contributed by atoms with Crippen LogP contribution in [0.2, 0.25) is 0 Å². The van der Waals surface area contributed by atoms with Crippen LogP contribution >= 0.6 is 11.8 Å². The van der Waals surface area contributed by atoms with Crippen molar-refractivity contribution in [2.75, 3.05) is 26.0 Å². The smallest absolute Gasteiger partial charge is 0.132 e. The molecule has 17 heavy (non-hydrogen) atoms. The Kier molecular flexibility index (Phi) is 4.35. The van der Waals surface area contributed by atoms with E-state index in [0.717, 1.165) is 11.7 Å². The Morgan fingerprint density at radius 2 is 2.12 bits per heavy atom. The Morgan fingerprint density at radius 3 is 2.76 bits per heavy atom. The second-order valence-corrected chi connectivity index (χ2v) is 5.82. The number of nitrogens with one attached hydrogen (secondary N) is 1. The summed E-state index contributed by atoms with van der Waals surface area (Å²) in [6.45, 7) is 6.64. The van der Waals surface area contributed by atoms with Crippen molar-refractivity contribution in [3.05, 3.63) is 23.3 Å². The topological polar surface area (TPSA) is 21.3 Å². The second-order valence-electron chi connectivity index (χ2n) is 4.76. The number of benzene rings is 1. The second kappa shape index (κ2) is 5.78. The Balaban J connectivity index is 2.05. The van der Waals surface area contributed by atoms with Crippen molar-refractivity contribution < 1.29 is 4.74 Å². The molecule has 0 spiro atoms. The van der Waals surface area contributed by atoms with Crippen molar-refractivity contribution >= 4 is 11.8 Å². The summed E-state index contributed by atoms with van der Waals surface area (Å²) in [5.74, 6) is 3.02. The van der Waals surface area contributed by atoms with Gasteiger partial charge in [0.25, 0.3) is 0 Å². The van der Waals surface area contributed by atoms with Crippen LogP contribution in [0.3, 0.4) is 0 Å². The molecule has 0 aliphatic carbocycles. The van der Waals surface area contributed by atoms with Gasteiger partial charge >= 0.3 is 0 Å². The minimum absolute atomic E-state index is 0.811. The van der Waals surface area contributed by atoms with Crippen LogP contribution in [0.25, 0.3) is 0 Å². The van der Waals surface area contributed by atoms with Gasteiger partial charge in [-0.15, -0.1) is 11.8 Å². The maximum absolute atomic E-state index is 5.46. The van der Waals surface area contributed by atoms with E-state index in [2.05, 4.69) is 31.3 Å². The summed E-state index contributed by atoms with van der Waals surface area (Å²) in [7, 11) is 1.76. The van der Waals surface area contributed by atoms with Gasteiger partial charge in [0.05, 0.1) is 7.11 Å². The van der Waals surface area contributed by atoms with Crippen molar-refractivity contribution in [2.24, 2.45) is 5.92 Å². The Hall–Kier alpha value is -0.670. The molecule has 1 saturated heterocycles. The number of methoxy groups -OCH3 is 1. The van der Waals surface area contributed by atoms with Crippen LogP contribution in [0.1, 0.15) is 17.5 Å². The average Bonchev–Trinajstić information content (AvgIpc) is 2.83. The van der Waals surface area contributed by atoms with Crippen LogP contribution in [-0.2, 0) is 0 Å². The Labute approximate surface area is 108 Å². The van der Waals surface area contributed by atoms with Crippen LogP contribution in [0.15, 0.2) is 17.0 Å². The van der Waals surface area contributed by atoms with Crippen LogP contribution in [0, 0.1) is 19.8 Å². The van der Waals surface area contributed by atoms with Crippen molar-refractivity contribution in [3.8, 4) is 5.75 Å². The highest BCUT2D eigenvalue weighted by atomic mass is 32.2. The molecule has 0 saturated carbocycles. The summed E-state index contributed by atoms with van der Waals surface area (Å²) < 4.78 is 5.46. The molecule has 0 bridgehead atoms. The minimum atomic E-state index is 0.811. The standard InChI is InChI=1S/C14H21NOS/c1-10-6-13(16-3)14(7-11(10)2)17-9-12-4-5-15-8-12/h6-7,12,15H,4-5,8-9H2,1-3H3.